The molecule has 2 rings (SSSR count). The Labute approximate surface area is 203 Å². The number of hydrogen-bond acceptors (Lipinski definition) is 0. The summed E-state index contributed by atoms with van der Waals surface area (Å²) in [5.74, 6) is 0. The van der Waals surface area contributed by atoms with Crippen LogP contribution in [0.5, 0.6) is 0 Å². The first kappa shape index (κ1) is 21.6. The first-order valence-electron chi connectivity index (χ1n) is 6.02. The molecule has 8 heteroatoms. The standard InChI is InChI=1S/C15H6Br8/c16-9-1-7(2-10(17)5-9)15(13(20)21,14(22)23)8-3-11(18)6-12(19)4-8/h1-4,13-14H. The number of alkyl halides is 4. The lowest BCUT2D eigenvalue weighted by atomic mass is 9.78. The maximum atomic E-state index is 3.75. The number of benzene rings is 2. The van der Waals surface area contributed by atoms with Crippen LogP contribution in [-0.4, -0.2) is 7.47 Å². The molecule has 0 spiro atoms. The van der Waals surface area contributed by atoms with Crippen molar-refractivity contribution in [3.63, 3.8) is 0 Å². The lowest BCUT2D eigenvalue weighted by Gasteiger charge is -2.39. The molecular weight excluding hydrogens is 819 g/mol. The van der Waals surface area contributed by atoms with Crippen LogP contribution in [-0.2, 0) is 5.41 Å². The van der Waals surface area contributed by atoms with Gasteiger partial charge in [-0.2, -0.15) is 0 Å². The average Bonchev–Trinajstić information content (AvgIpc) is 2.35. The predicted molar refractivity (Wildman–Crippen MR) is 125 cm³/mol. The van der Waals surface area contributed by atoms with Gasteiger partial charge in [0.25, 0.3) is 0 Å². The van der Waals surface area contributed by atoms with Gasteiger partial charge in [-0.3, -0.25) is 0 Å². The summed E-state index contributed by atoms with van der Waals surface area (Å²) in [5, 5.41) is 0. The molecule has 0 unspecified atom stereocenters. The first-order chi connectivity index (χ1) is 10.7. The van der Waals surface area contributed by atoms with Crippen LogP contribution in [0.15, 0.2) is 42.2 Å². The van der Waals surface area contributed by atoms with Crippen LogP contribution in [0, 0.1) is 12.1 Å². The van der Waals surface area contributed by atoms with Gasteiger partial charge in [0.2, 0.25) is 0 Å². The Kier molecular flexibility index (Phi) is 8.42. The Hall–Kier alpha value is 2.28. The van der Waals surface area contributed by atoms with Crippen LogP contribution in [0.4, 0.5) is 0 Å². The summed E-state index contributed by atoms with van der Waals surface area (Å²) in [5.41, 5.74) is 1.75. The van der Waals surface area contributed by atoms with Crippen LogP contribution < -0.4 is 0 Å². The second kappa shape index (κ2) is 8.98. The SMILES string of the molecule is Brc1[c]c(Br)cc(C(c2cc(Br)[c]c(Br)c2)(C(Br)Br)C(Br)Br)c1. The Morgan fingerprint density at radius 3 is 1.09 bits per heavy atom. The van der Waals surface area contributed by atoms with E-state index in [2.05, 4.69) is 164 Å². The molecule has 0 fully saturated rings. The molecule has 23 heavy (non-hydrogen) atoms. The summed E-state index contributed by atoms with van der Waals surface area (Å²) < 4.78 is 3.44. The second-order valence-electron chi connectivity index (χ2n) is 4.60. The van der Waals surface area contributed by atoms with Gasteiger partial charge in [-0.05, 0) is 35.4 Å². The molecule has 0 aliphatic carbocycles. The fourth-order valence-electron chi connectivity index (χ4n) is 2.25. The number of halogens is 8. The second-order valence-corrected chi connectivity index (χ2v) is 14.1. The van der Waals surface area contributed by atoms with Gasteiger partial charge in [-0.15, -0.1) is 0 Å². The molecule has 0 bridgehead atoms. The summed E-state index contributed by atoms with van der Waals surface area (Å²) in [6, 6.07) is 14.6. The molecule has 2 radical (unpaired) electrons. The Morgan fingerprint density at radius 2 is 0.870 bits per heavy atom. The third-order valence-electron chi connectivity index (χ3n) is 3.25. The molecule has 2 aromatic carbocycles. The number of hydrogen-bond donors (Lipinski definition) is 0. The fourth-order valence-corrected chi connectivity index (χ4v) is 9.21. The third-order valence-corrected chi connectivity index (χ3v) is 7.85. The van der Waals surface area contributed by atoms with Crippen LogP contribution in [0.25, 0.3) is 0 Å². The normalized spacial score (nSPS) is 12.3. The highest BCUT2D eigenvalue weighted by atomic mass is 79.9. The molecule has 0 heterocycles. The van der Waals surface area contributed by atoms with E-state index in [1.54, 1.807) is 0 Å². The van der Waals surface area contributed by atoms with E-state index in [4.69, 9.17) is 0 Å². The minimum Gasteiger partial charge on any atom is -0.0750 e. The van der Waals surface area contributed by atoms with Gasteiger partial charge in [-0.1, -0.05) is 127 Å². The monoisotopic (exact) mass is 817 g/mol. The molecule has 0 atom stereocenters. The molecule has 0 aliphatic heterocycles. The van der Waals surface area contributed by atoms with Crippen molar-refractivity contribution in [2.24, 2.45) is 0 Å². The van der Waals surface area contributed by atoms with Crippen molar-refractivity contribution in [1.29, 1.82) is 0 Å². The van der Waals surface area contributed by atoms with Crippen molar-refractivity contribution in [1.82, 2.24) is 0 Å². The Balaban J connectivity index is 2.84. The summed E-state index contributed by atoms with van der Waals surface area (Å²) in [6.45, 7) is 0. The summed E-state index contributed by atoms with van der Waals surface area (Å²) in [7, 11) is 0. The number of rotatable bonds is 4. The van der Waals surface area contributed by atoms with Crippen LogP contribution >= 0.6 is 127 Å². The lowest BCUT2D eigenvalue weighted by Crippen LogP contribution is -2.40. The van der Waals surface area contributed by atoms with Crippen molar-refractivity contribution in [2.45, 2.75) is 12.9 Å². The molecular formula is C15H6Br8. The van der Waals surface area contributed by atoms with Gasteiger partial charge in [0.15, 0.2) is 0 Å². The van der Waals surface area contributed by atoms with Gasteiger partial charge < -0.3 is 0 Å². The minimum absolute atomic E-state index is 0.0475. The fraction of sp³-hybridized carbons (Fsp3) is 0.200. The van der Waals surface area contributed by atoms with E-state index in [0.29, 0.717) is 0 Å². The summed E-state index contributed by atoms with van der Waals surface area (Å²) in [4.78, 5) is 0. The van der Waals surface area contributed by atoms with E-state index in [-0.39, 0.29) is 7.47 Å². The molecule has 0 saturated heterocycles. The van der Waals surface area contributed by atoms with Crippen LogP contribution in [0.3, 0.4) is 0 Å². The van der Waals surface area contributed by atoms with E-state index in [1.807, 2.05) is 0 Å². The first-order valence-corrected chi connectivity index (χ1v) is 12.9. The summed E-state index contributed by atoms with van der Waals surface area (Å²) in [6.07, 6.45) is 0. The molecule has 0 aliphatic rings. The maximum absolute atomic E-state index is 3.75. The van der Waals surface area contributed by atoms with Crippen molar-refractivity contribution in [3.05, 3.63) is 65.4 Å². The van der Waals surface area contributed by atoms with Gasteiger partial charge in [0.05, 0.1) is 12.9 Å². The molecule has 0 saturated carbocycles. The highest BCUT2D eigenvalue weighted by molar-refractivity contribution is 9.25. The van der Waals surface area contributed by atoms with Gasteiger partial charge in [0, 0.05) is 30.0 Å². The maximum Gasteiger partial charge on any atom is 0.0853 e. The molecule has 0 nitrogen and oxygen atoms in total. The van der Waals surface area contributed by atoms with E-state index in [0.717, 1.165) is 29.0 Å². The molecule has 0 amide bonds. The van der Waals surface area contributed by atoms with E-state index in [9.17, 15) is 0 Å². The Morgan fingerprint density at radius 1 is 0.609 bits per heavy atom. The lowest BCUT2D eigenvalue weighted by molar-refractivity contribution is 0.635. The van der Waals surface area contributed by atoms with Crippen LogP contribution in [0.2, 0.25) is 0 Å². The van der Waals surface area contributed by atoms with E-state index >= 15 is 0 Å². The molecule has 2 aromatic rings. The van der Waals surface area contributed by atoms with Crippen molar-refractivity contribution in [2.75, 3.05) is 0 Å². The zero-order valence-corrected chi connectivity index (χ0v) is 23.7. The molecule has 122 valence electrons. The van der Waals surface area contributed by atoms with Crippen molar-refractivity contribution in [3.8, 4) is 0 Å². The largest absolute Gasteiger partial charge is 0.0853 e. The highest BCUT2D eigenvalue weighted by Gasteiger charge is 2.45. The van der Waals surface area contributed by atoms with Gasteiger partial charge >= 0.3 is 0 Å². The van der Waals surface area contributed by atoms with Gasteiger partial charge in [0.1, 0.15) is 0 Å². The average molecular weight is 825 g/mol. The topological polar surface area (TPSA) is 0 Å². The van der Waals surface area contributed by atoms with E-state index in [1.165, 1.54) is 0 Å². The van der Waals surface area contributed by atoms with E-state index < -0.39 is 5.41 Å². The highest BCUT2D eigenvalue weighted by Crippen LogP contribution is 2.51. The predicted octanol–water partition coefficient (Wildman–Crippen LogP) is 8.85. The zero-order valence-electron chi connectivity index (χ0n) is 11.0. The molecule has 0 N–H and O–H groups in total. The minimum atomic E-state index is -0.444. The molecule has 0 aromatic heterocycles. The quantitative estimate of drug-likeness (QED) is 0.271. The summed E-state index contributed by atoms with van der Waals surface area (Å²) >= 11 is 29.1. The third kappa shape index (κ3) is 4.77. The van der Waals surface area contributed by atoms with Crippen molar-refractivity contribution >= 4 is 127 Å². The van der Waals surface area contributed by atoms with Crippen LogP contribution in [0.1, 0.15) is 11.1 Å². The zero-order chi connectivity index (χ0) is 17.4. The smallest absolute Gasteiger partial charge is 0.0750 e. The Bertz CT molecular complexity index is 609. The van der Waals surface area contributed by atoms with Crippen molar-refractivity contribution < 1.29 is 0 Å². The van der Waals surface area contributed by atoms with Gasteiger partial charge in [-0.25, -0.2) is 0 Å².